The minimum Gasteiger partial charge on any atom is -0.360 e. The first-order valence-corrected chi connectivity index (χ1v) is 4.59. The topological polar surface area (TPSA) is 18.5 Å². The second-order valence-electron chi connectivity index (χ2n) is 3.60. The molecule has 0 aliphatic rings. The number of alkyl halides is 4. The standard InChI is InChI=1S/C8H14F4O.CH3FO.FH/c1-4-6(8(10,11)12)13-7(2,3)5-9;1-3-2;/h6H,4-5H2,1-3H3;1H3;1H. The highest BCUT2D eigenvalue weighted by Gasteiger charge is 2.42. The number of hydrogen-bond acceptors (Lipinski definition) is 2. The van der Waals surface area contributed by atoms with Crippen LogP contribution in [0.3, 0.4) is 0 Å². The van der Waals surface area contributed by atoms with Crippen LogP contribution in [0.4, 0.5) is 26.8 Å². The highest BCUT2D eigenvalue weighted by atomic mass is 19.4. The molecule has 0 amide bonds. The molecule has 0 saturated heterocycles. The van der Waals surface area contributed by atoms with Crippen molar-refractivity contribution in [3.63, 3.8) is 0 Å². The van der Waals surface area contributed by atoms with Gasteiger partial charge < -0.3 is 4.74 Å². The normalized spacial score (nSPS) is 13.2. The van der Waals surface area contributed by atoms with E-state index in [9.17, 15) is 22.1 Å². The van der Waals surface area contributed by atoms with Gasteiger partial charge in [-0.05, 0) is 24.8 Å². The monoisotopic (exact) mass is 272 g/mol. The van der Waals surface area contributed by atoms with E-state index in [0.717, 1.165) is 7.11 Å². The van der Waals surface area contributed by atoms with Crippen LogP contribution >= 0.6 is 0 Å². The van der Waals surface area contributed by atoms with Crippen LogP contribution in [0.5, 0.6) is 0 Å². The quantitative estimate of drug-likeness (QED) is 0.725. The molecule has 2 nitrogen and oxygen atoms in total. The highest BCUT2D eigenvalue weighted by molar-refractivity contribution is 4.74. The van der Waals surface area contributed by atoms with Crippen molar-refractivity contribution in [3.05, 3.63) is 0 Å². The van der Waals surface area contributed by atoms with Gasteiger partial charge in [-0.1, -0.05) is 6.92 Å². The van der Waals surface area contributed by atoms with Crippen molar-refractivity contribution in [2.45, 2.75) is 45.1 Å². The molecule has 1 atom stereocenters. The van der Waals surface area contributed by atoms with Crippen molar-refractivity contribution in [2.24, 2.45) is 0 Å². The van der Waals surface area contributed by atoms with Crippen LogP contribution in [-0.2, 0) is 9.68 Å². The van der Waals surface area contributed by atoms with Crippen molar-refractivity contribution < 1.29 is 36.5 Å². The molecule has 1 unspecified atom stereocenters. The Balaban J connectivity index is -0.000000440. The van der Waals surface area contributed by atoms with Gasteiger partial charge in [-0.2, -0.15) is 18.1 Å². The van der Waals surface area contributed by atoms with Crippen molar-refractivity contribution in [2.75, 3.05) is 13.8 Å². The van der Waals surface area contributed by atoms with Gasteiger partial charge in [0.2, 0.25) is 0 Å². The number of halogens is 6. The second-order valence-corrected chi connectivity index (χ2v) is 3.60. The van der Waals surface area contributed by atoms with Crippen LogP contribution in [0.15, 0.2) is 0 Å². The van der Waals surface area contributed by atoms with E-state index in [0.29, 0.717) is 0 Å². The zero-order valence-electron chi connectivity index (χ0n) is 10.1. The van der Waals surface area contributed by atoms with Crippen LogP contribution in [0.2, 0.25) is 0 Å². The smallest absolute Gasteiger partial charge is 0.360 e. The molecule has 8 heteroatoms. The maximum Gasteiger partial charge on any atom is 0.414 e. The van der Waals surface area contributed by atoms with Crippen LogP contribution in [0.1, 0.15) is 27.2 Å². The molecule has 0 aromatic heterocycles. The SMILES string of the molecule is CCC(OC(C)(C)CF)C(F)(F)F.COF.F. The zero-order chi connectivity index (χ0) is 13.4. The molecule has 0 spiro atoms. The van der Waals surface area contributed by atoms with Gasteiger partial charge in [0.1, 0.15) is 6.67 Å². The lowest BCUT2D eigenvalue weighted by Crippen LogP contribution is -2.40. The summed E-state index contributed by atoms with van der Waals surface area (Å²) in [7, 11) is 0.958. The fraction of sp³-hybridized carbons (Fsp3) is 1.00. The van der Waals surface area contributed by atoms with Crippen molar-refractivity contribution in [1.29, 1.82) is 0 Å². The second kappa shape index (κ2) is 9.52. The molecule has 0 aliphatic heterocycles. The van der Waals surface area contributed by atoms with Gasteiger partial charge in [0.05, 0.1) is 12.7 Å². The number of rotatable bonds is 4. The van der Waals surface area contributed by atoms with Crippen molar-refractivity contribution in [3.8, 4) is 0 Å². The Hall–Kier alpha value is -0.500. The van der Waals surface area contributed by atoms with E-state index in [-0.39, 0.29) is 11.1 Å². The lowest BCUT2D eigenvalue weighted by Gasteiger charge is -2.29. The predicted molar refractivity (Wildman–Crippen MR) is 51.9 cm³/mol. The van der Waals surface area contributed by atoms with E-state index in [4.69, 9.17) is 0 Å². The summed E-state index contributed by atoms with van der Waals surface area (Å²) >= 11 is 0. The third kappa shape index (κ3) is 11.8. The van der Waals surface area contributed by atoms with Gasteiger partial charge in [-0.3, -0.25) is 4.70 Å². The predicted octanol–water partition coefficient (Wildman–Crippen LogP) is 3.76. The largest absolute Gasteiger partial charge is 0.414 e. The Morgan fingerprint density at radius 1 is 1.18 bits per heavy atom. The minimum absolute atomic E-state index is 0. The van der Waals surface area contributed by atoms with E-state index < -0.39 is 24.6 Å². The molecule has 0 aliphatic carbocycles. The van der Waals surface area contributed by atoms with Crippen LogP contribution in [0.25, 0.3) is 0 Å². The molecule has 108 valence electrons. The Morgan fingerprint density at radius 3 is 1.71 bits per heavy atom. The number of ether oxygens (including phenoxy) is 1. The van der Waals surface area contributed by atoms with Crippen molar-refractivity contribution in [1.82, 2.24) is 0 Å². The first kappa shape index (κ1) is 21.8. The maximum atomic E-state index is 12.2. The Morgan fingerprint density at radius 2 is 1.53 bits per heavy atom. The summed E-state index contributed by atoms with van der Waals surface area (Å²) in [4.78, 5) is 2.75. The first-order valence-electron chi connectivity index (χ1n) is 4.59. The summed E-state index contributed by atoms with van der Waals surface area (Å²) in [6.07, 6.45) is -6.49. The lowest BCUT2D eigenvalue weighted by atomic mass is 10.1. The summed E-state index contributed by atoms with van der Waals surface area (Å²) in [6.45, 7) is 3.01. The molecule has 0 heterocycles. The molecule has 0 saturated carbocycles. The summed E-state index contributed by atoms with van der Waals surface area (Å²) < 4.78 is 63.0. The minimum atomic E-state index is -4.42. The van der Waals surface area contributed by atoms with Gasteiger partial charge in [0.25, 0.3) is 0 Å². The molecule has 0 radical (unpaired) electrons. The molecule has 0 aromatic carbocycles. The zero-order valence-corrected chi connectivity index (χ0v) is 10.1. The van der Waals surface area contributed by atoms with Crippen LogP contribution in [0, 0.1) is 0 Å². The molecular weight excluding hydrogens is 254 g/mol. The van der Waals surface area contributed by atoms with Crippen LogP contribution < -0.4 is 0 Å². The van der Waals surface area contributed by atoms with Gasteiger partial charge in [0.15, 0.2) is 6.10 Å². The molecule has 0 aromatic rings. The fourth-order valence-electron chi connectivity index (χ4n) is 0.798. The van der Waals surface area contributed by atoms with Gasteiger partial charge >= 0.3 is 6.18 Å². The van der Waals surface area contributed by atoms with E-state index in [1.165, 1.54) is 20.8 Å². The Bertz CT molecular complexity index is 171. The average molecular weight is 272 g/mol. The highest BCUT2D eigenvalue weighted by Crippen LogP contribution is 2.28. The maximum absolute atomic E-state index is 12.2. The van der Waals surface area contributed by atoms with Gasteiger partial charge in [0, 0.05) is 0 Å². The molecule has 0 rings (SSSR count). The van der Waals surface area contributed by atoms with E-state index in [1.807, 2.05) is 0 Å². The average Bonchev–Trinajstić information content (AvgIpc) is 2.14. The molecule has 0 bridgehead atoms. The van der Waals surface area contributed by atoms with E-state index >= 15 is 0 Å². The summed E-state index contributed by atoms with van der Waals surface area (Å²) in [5.74, 6) is 0. The van der Waals surface area contributed by atoms with E-state index in [2.05, 4.69) is 9.68 Å². The Kier molecular flexibility index (Phi) is 12.2. The number of hydrogen-bond donors (Lipinski definition) is 0. The Labute approximate surface area is 96.3 Å². The third-order valence-electron chi connectivity index (χ3n) is 1.52. The molecule has 0 fully saturated rings. The van der Waals surface area contributed by atoms with Crippen molar-refractivity contribution >= 4 is 0 Å². The molecular formula is C9H18F6O2. The van der Waals surface area contributed by atoms with Crippen LogP contribution in [-0.4, -0.2) is 31.7 Å². The summed E-state index contributed by atoms with van der Waals surface area (Å²) in [5.41, 5.74) is -1.36. The van der Waals surface area contributed by atoms with E-state index in [1.54, 1.807) is 0 Å². The molecule has 17 heavy (non-hydrogen) atoms. The third-order valence-corrected chi connectivity index (χ3v) is 1.52. The lowest BCUT2D eigenvalue weighted by molar-refractivity contribution is -0.250. The molecule has 0 N–H and O–H groups in total. The summed E-state index contributed by atoms with van der Waals surface area (Å²) in [6, 6.07) is 0. The first-order chi connectivity index (χ1) is 7.14. The summed E-state index contributed by atoms with van der Waals surface area (Å²) in [5, 5.41) is 0. The van der Waals surface area contributed by atoms with Gasteiger partial charge in [-0.15, -0.1) is 0 Å². The van der Waals surface area contributed by atoms with Gasteiger partial charge in [-0.25, -0.2) is 4.39 Å². The fourth-order valence-corrected chi connectivity index (χ4v) is 0.798.